The zero-order chi connectivity index (χ0) is 69.2. The Kier molecular flexibility index (Phi) is 12.6. The first-order valence-electron chi connectivity index (χ1n) is 36.4. The fourth-order valence-corrected chi connectivity index (χ4v) is 18.2. The molecule has 0 N–H and O–H groups in total. The number of benzene rings is 13. The van der Waals surface area contributed by atoms with Crippen molar-refractivity contribution in [2.45, 2.75) is 0 Å². The van der Waals surface area contributed by atoms with Gasteiger partial charge in [-0.15, -0.1) is 0 Å². The molecule has 4 aliphatic rings. The Morgan fingerprint density at radius 1 is 0.255 bits per heavy atom. The van der Waals surface area contributed by atoms with E-state index in [-0.39, 0.29) is 11.8 Å². The molecule has 2 atom stereocenters. The lowest BCUT2D eigenvalue weighted by Crippen LogP contribution is -2.30. The van der Waals surface area contributed by atoms with Crippen molar-refractivity contribution in [3.63, 3.8) is 0 Å². The Balaban J connectivity index is 0.571. The van der Waals surface area contributed by atoms with E-state index < -0.39 is 0 Å². The quantitative estimate of drug-likeness (QED) is 0.148. The van der Waals surface area contributed by atoms with E-state index in [2.05, 4.69) is 297 Å². The molecule has 0 bridgehead atoms. The average molecular weight is 1340 g/mol. The summed E-state index contributed by atoms with van der Waals surface area (Å²) in [5.41, 5.74) is 26.7. The van der Waals surface area contributed by atoms with Gasteiger partial charge < -0.3 is 0 Å². The minimum atomic E-state index is 0.186. The molecule has 13 aromatic carbocycles. The van der Waals surface area contributed by atoms with Crippen molar-refractivity contribution in [1.29, 1.82) is 0 Å². The van der Waals surface area contributed by atoms with E-state index >= 15 is 0 Å². The van der Waals surface area contributed by atoms with E-state index in [0.717, 1.165) is 121 Å². The highest BCUT2D eigenvalue weighted by Gasteiger charge is 2.41. The van der Waals surface area contributed by atoms with Gasteiger partial charge in [-0.1, -0.05) is 249 Å². The number of pyridine rings is 6. The molecule has 106 heavy (non-hydrogen) atoms. The summed E-state index contributed by atoms with van der Waals surface area (Å²) in [7, 11) is 0. The standard InChI is InChI=1S/C100H58N6/c1-2-12-75-58(10-1)33-45-83-93(75)81-13-3-5-17-89(81)105-95(83)64-26-19-57(20-27-64)66-30-23-60-25-32-68-50-69(39-41-74(68)85(60)52-66)86-55-71-51-72(56-104-98(71)99-79(86)15-8-48-102-99)67-31-24-61-34-46-84-94(87(61)53-67)82-14-4-6-18-90(82)106-96(84)65-28-21-59(22-29-65)73-40-35-62-38-44-78-76(42-36-63-37-43-77(73)91(62)92(63)78)88-54-70-11-7-47-101-97(70)100-80(88)16-9-49-103-100/h1-56,91-92H. The molecule has 4 aliphatic carbocycles. The third kappa shape index (κ3) is 8.92. The van der Waals surface area contributed by atoms with Gasteiger partial charge in [0.15, 0.2) is 0 Å². The normalized spacial score (nSPS) is 15.5. The van der Waals surface area contributed by atoms with Gasteiger partial charge in [0.1, 0.15) is 0 Å². The Hall–Kier alpha value is -13.9. The first-order valence-corrected chi connectivity index (χ1v) is 36.4. The van der Waals surface area contributed by atoms with E-state index in [9.17, 15) is 0 Å². The van der Waals surface area contributed by atoms with Crippen LogP contribution in [0.3, 0.4) is 0 Å². The number of hydrogen-bond donors (Lipinski definition) is 0. The van der Waals surface area contributed by atoms with Gasteiger partial charge in [0, 0.05) is 107 Å². The maximum absolute atomic E-state index is 5.49. The van der Waals surface area contributed by atoms with Crippen LogP contribution in [0.1, 0.15) is 11.1 Å². The molecule has 23 rings (SSSR count). The number of para-hydroxylation sites is 2. The van der Waals surface area contributed by atoms with Crippen LogP contribution in [0, 0.1) is 11.8 Å². The summed E-state index contributed by atoms with van der Waals surface area (Å²) in [5.74, 6) is 0.374. The summed E-state index contributed by atoms with van der Waals surface area (Å²) >= 11 is 0. The third-order valence-electron chi connectivity index (χ3n) is 23.1. The van der Waals surface area contributed by atoms with Crippen LogP contribution in [0.2, 0.25) is 0 Å². The third-order valence-corrected chi connectivity index (χ3v) is 23.1. The number of rotatable bonds is 7. The van der Waals surface area contributed by atoms with Gasteiger partial charge >= 0.3 is 0 Å². The van der Waals surface area contributed by atoms with Crippen LogP contribution in [0.4, 0.5) is 0 Å². The number of aromatic nitrogens is 6. The SMILES string of the molecule is C1=CC2=C(c3ccc(-c4nc5ccccc5c5c4ccc4ccc(-c6cnc7c(c6)cc(-c6ccc8c(ccc9ccc(-c%10ccc(-c%11nc%12ccccc%12c%12c%11ccc%11ccccc%11%12)cc%10)cc98)c6)c6cccnc67)cc45)cc3)C=CC3=CC=C4C(c5cc6cccnc6c6ncccc56)=CC=C1C4C32. The maximum atomic E-state index is 5.49. The van der Waals surface area contributed by atoms with Crippen molar-refractivity contribution < 1.29 is 0 Å². The monoisotopic (exact) mass is 1340 g/mol. The highest BCUT2D eigenvalue weighted by atomic mass is 14.7. The molecule has 6 heterocycles. The molecule has 19 aromatic rings. The summed E-state index contributed by atoms with van der Waals surface area (Å²) in [6.45, 7) is 0. The average Bonchev–Trinajstić information content (AvgIpc) is 0.742. The smallest absolute Gasteiger partial charge is 0.0970 e. The van der Waals surface area contributed by atoms with Gasteiger partial charge in [-0.05, 0) is 182 Å². The zero-order valence-corrected chi connectivity index (χ0v) is 57.2. The van der Waals surface area contributed by atoms with Gasteiger partial charge in [-0.25, -0.2) is 9.97 Å². The fourth-order valence-electron chi connectivity index (χ4n) is 18.2. The van der Waals surface area contributed by atoms with Gasteiger partial charge in [-0.3, -0.25) is 19.9 Å². The number of nitrogens with zero attached hydrogens (tertiary/aromatic N) is 6. The van der Waals surface area contributed by atoms with Crippen molar-refractivity contribution >= 4 is 141 Å². The van der Waals surface area contributed by atoms with Crippen LogP contribution < -0.4 is 0 Å². The van der Waals surface area contributed by atoms with Crippen LogP contribution in [-0.4, -0.2) is 29.9 Å². The van der Waals surface area contributed by atoms with Crippen molar-refractivity contribution in [1.82, 2.24) is 29.9 Å². The van der Waals surface area contributed by atoms with E-state index in [0.29, 0.717) is 0 Å². The lowest BCUT2D eigenvalue weighted by atomic mass is 9.61. The van der Waals surface area contributed by atoms with Crippen molar-refractivity contribution in [3.05, 3.63) is 374 Å². The summed E-state index contributed by atoms with van der Waals surface area (Å²) in [4.78, 5) is 30.7. The molecule has 0 amide bonds. The first kappa shape index (κ1) is 58.7. The largest absolute Gasteiger partial charge is 0.254 e. The van der Waals surface area contributed by atoms with Crippen LogP contribution >= 0.6 is 0 Å². The minimum absolute atomic E-state index is 0.186. The number of allylic oxidation sites excluding steroid dienone is 14. The van der Waals surface area contributed by atoms with E-state index in [4.69, 9.17) is 29.9 Å². The Labute approximate surface area is 608 Å². The second-order valence-electron chi connectivity index (χ2n) is 28.7. The molecule has 0 aliphatic heterocycles. The van der Waals surface area contributed by atoms with E-state index in [1.165, 1.54) is 109 Å². The molecule has 0 fully saturated rings. The van der Waals surface area contributed by atoms with Crippen molar-refractivity contribution in [3.8, 4) is 55.9 Å². The summed E-state index contributed by atoms with van der Waals surface area (Å²) in [6.07, 6.45) is 26.4. The maximum Gasteiger partial charge on any atom is 0.0970 e. The second kappa shape index (κ2) is 22.8. The summed E-state index contributed by atoms with van der Waals surface area (Å²) in [5, 5.41) is 20.9. The topological polar surface area (TPSA) is 77.3 Å². The predicted octanol–water partition coefficient (Wildman–Crippen LogP) is 25.2. The fraction of sp³-hybridized carbons (Fsp3) is 0.0200. The second-order valence-corrected chi connectivity index (χ2v) is 28.7. The van der Waals surface area contributed by atoms with Crippen LogP contribution in [0.25, 0.3) is 197 Å². The molecular formula is C100H58N6. The lowest BCUT2D eigenvalue weighted by Gasteiger charge is -2.42. The number of hydrogen-bond acceptors (Lipinski definition) is 6. The molecule has 0 spiro atoms. The molecule has 6 heteroatoms. The molecule has 488 valence electrons. The van der Waals surface area contributed by atoms with Crippen molar-refractivity contribution in [2.24, 2.45) is 11.8 Å². The van der Waals surface area contributed by atoms with Crippen LogP contribution in [0.5, 0.6) is 0 Å². The Bertz CT molecular complexity index is 7420. The van der Waals surface area contributed by atoms with E-state index in [1.807, 2.05) is 43.0 Å². The van der Waals surface area contributed by atoms with Gasteiger partial charge in [0.2, 0.25) is 0 Å². The molecule has 0 radical (unpaired) electrons. The Morgan fingerprint density at radius 2 is 0.755 bits per heavy atom. The molecule has 6 nitrogen and oxygen atoms in total. The first-order chi connectivity index (χ1) is 52.5. The summed E-state index contributed by atoms with van der Waals surface area (Å²) < 4.78 is 0. The lowest BCUT2D eigenvalue weighted by molar-refractivity contribution is 0.569. The van der Waals surface area contributed by atoms with Gasteiger partial charge in [0.05, 0.1) is 44.5 Å². The van der Waals surface area contributed by atoms with Gasteiger partial charge in [-0.2, -0.15) is 0 Å². The number of fused-ring (bicyclic) bond motifs is 19. The molecule has 0 saturated heterocycles. The molecule has 6 aromatic heterocycles. The zero-order valence-electron chi connectivity index (χ0n) is 57.2. The highest BCUT2D eigenvalue weighted by molar-refractivity contribution is 6.25. The van der Waals surface area contributed by atoms with Crippen LogP contribution in [0.15, 0.2) is 363 Å². The molecule has 2 unspecified atom stereocenters. The van der Waals surface area contributed by atoms with E-state index in [1.54, 1.807) is 0 Å². The van der Waals surface area contributed by atoms with Crippen LogP contribution in [-0.2, 0) is 0 Å². The Morgan fingerprint density at radius 3 is 1.51 bits per heavy atom. The van der Waals surface area contributed by atoms with Gasteiger partial charge in [0.25, 0.3) is 0 Å². The van der Waals surface area contributed by atoms with Crippen molar-refractivity contribution in [2.75, 3.05) is 0 Å². The predicted molar refractivity (Wildman–Crippen MR) is 441 cm³/mol. The summed E-state index contributed by atoms with van der Waals surface area (Å²) in [6, 6.07) is 97.6. The molecule has 0 saturated carbocycles. The minimum Gasteiger partial charge on any atom is -0.254 e. The highest BCUT2D eigenvalue weighted by Crippen LogP contribution is 2.55. The molecular weight excluding hydrogens is 1290 g/mol.